The van der Waals surface area contributed by atoms with Crippen molar-refractivity contribution in [1.82, 2.24) is 9.88 Å². The largest absolute Gasteiger partial charge is 0.300 e. The van der Waals surface area contributed by atoms with Crippen LogP contribution in [0.15, 0.2) is 6.20 Å². The van der Waals surface area contributed by atoms with E-state index in [1.54, 1.807) is 0 Å². The van der Waals surface area contributed by atoms with Crippen LogP contribution >= 0.6 is 45.8 Å². The van der Waals surface area contributed by atoms with Gasteiger partial charge in [-0.3, -0.25) is 4.90 Å². The summed E-state index contributed by atoms with van der Waals surface area (Å²) in [6.45, 7) is 5.30. The Bertz CT molecular complexity index is 371. The van der Waals surface area contributed by atoms with Gasteiger partial charge in [-0.05, 0) is 42.6 Å². The van der Waals surface area contributed by atoms with Gasteiger partial charge in [0.15, 0.2) is 0 Å². The normalized spacial score (nSPS) is 13.2. The molecule has 1 atom stereocenters. The van der Waals surface area contributed by atoms with E-state index in [9.17, 15) is 0 Å². The first-order valence-corrected chi connectivity index (χ1v) is 7.05. The highest BCUT2D eigenvalue weighted by Gasteiger charge is 2.19. The molecule has 0 amide bonds. The second-order valence-electron chi connectivity index (χ2n) is 3.63. The van der Waals surface area contributed by atoms with Gasteiger partial charge >= 0.3 is 0 Å². The average molecular weight is 373 g/mol. The van der Waals surface area contributed by atoms with Gasteiger partial charge in [0.05, 0.1) is 5.02 Å². The first kappa shape index (κ1) is 14.5. The molecule has 0 N–H and O–H groups in total. The minimum atomic E-state index is 0.346. The lowest BCUT2D eigenvalue weighted by atomic mass is 10.1. The van der Waals surface area contributed by atoms with E-state index in [1.807, 2.05) is 6.20 Å². The molecule has 2 nitrogen and oxygen atoms in total. The van der Waals surface area contributed by atoms with Gasteiger partial charge in [-0.2, -0.15) is 0 Å². The fourth-order valence-corrected chi connectivity index (χ4v) is 2.89. The van der Waals surface area contributed by atoms with Gasteiger partial charge < -0.3 is 0 Å². The van der Waals surface area contributed by atoms with Crippen LogP contribution in [0.2, 0.25) is 10.2 Å². The molecule has 1 rings (SSSR count). The highest BCUT2D eigenvalue weighted by molar-refractivity contribution is 14.1. The molecule has 1 heterocycles. The van der Waals surface area contributed by atoms with Crippen molar-refractivity contribution >= 4 is 45.8 Å². The number of halogens is 3. The molecule has 90 valence electrons. The first-order valence-electron chi connectivity index (χ1n) is 5.22. The van der Waals surface area contributed by atoms with Crippen molar-refractivity contribution in [3.63, 3.8) is 0 Å². The summed E-state index contributed by atoms with van der Waals surface area (Å²) in [4.78, 5) is 6.41. The molecule has 0 unspecified atom stereocenters. The van der Waals surface area contributed by atoms with Crippen molar-refractivity contribution in [2.75, 3.05) is 13.6 Å². The van der Waals surface area contributed by atoms with Gasteiger partial charge in [0.2, 0.25) is 0 Å². The highest BCUT2D eigenvalue weighted by atomic mass is 127. The second kappa shape index (κ2) is 6.38. The van der Waals surface area contributed by atoms with Crippen molar-refractivity contribution in [2.45, 2.75) is 26.3 Å². The molecule has 1 aromatic heterocycles. The van der Waals surface area contributed by atoms with Gasteiger partial charge in [0.25, 0.3) is 0 Å². The molecule has 0 aliphatic rings. The van der Waals surface area contributed by atoms with Crippen LogP contribution in [-0.2, 0) is 0 Å². The quantitative estimate of drug-likeness (QED) is 0.575. The zero-order valence-corrected chi connectivity index (χ0v) is 13.3. The molecule has 0 aliphatic heterocycles. The summed E-state index contributed by atoms with van der Waals surface area (Å²) in [5, 5.41) is 0.937. The minimum Gasteiger partial charge on any atom is -0.300 e. The van der Waals surface area contributed by atoms with E-state index in [4.69, 9.17) is 23.2 Å². The molecular formula is C11H15Cl2IN2. The smallest absolute Gasteiger partial charge is 0.148 e. The average Bonchev–Trinajstić information content (AvgIpc) is 2.29. The molecule has 16 heavy (non-hydrogen) atoms. The third-order valence-electron chi connectivity index (χ3n) is 2.72. The number of nitrogens with zero attached hydrogens (tertiary/aromatic N) is 2. The standard InChI is InChI=1S/C11H15Cl2IN2/c1-4-8(16(3)5-2)7-6-15-11(13)9(12)10(7)14/h6,8H,4-5H2,1-3H3/t8-/m0/s1. The monoisotopic (exact) mass is 372 g/mol. The Morgan fingerprint density at radius 3 is 2.56 bits per heavy atom. The molecule has 0 radical (unpaired) electrons. The molecule has 0 fully saturated rings. The fraction of sp³-hybridized carbons (Fsp3) is 0.545. The molecule has 0 saturated carbocycles. The minimum absolute atomic E-state index is 0.346. The van der Waals surface area contributed by atoms with Gasteiger partial charge in [-0.25, -0.2) is 4.98 Å². The lowest BCUT2D eigenvalue weighted by Crippen LogP contribution is -2.24. The van der Waals surface area contributed by atoms with Crippen LogP contribution in [0.25, 0.3) is 0 Å². The van der Waals surface area contributed by atoms with Crippen LogP contribution in [0, 0.1) is 3.57 Å². The van der Waals surface area contributed by atoms with Crippen LogP contribution in [0.5, 0.6) is 0 Å². The lowest BCUT2D eigenvalue weighted by Gasteiger charge is -2.27. The Kier molecular flexibility index (Phi) is 5.77. The third kappa shape index (κ3) is 3.00. The van der Waals surface area contributed by atoms with E-state index in [2.05, 4.69) is 53.4 Å². The Morgan fingerprint density at radius 1 is 1.44 bits per heavy atom. The number of hydrogen-bond donors (Lipinski definition) is 0. The summed E-state index contributed by atoms with van der Waals surface area (Å²) in [6.07, 6.45) is 2.86. The molecule has 0 spiro atoms. The van der Waals surface area contributed by atoms with E-state index in [1.165, 1.54) is 0 Å². The van der Waals surface area contributed by atoms with Crippen molar-refractivity contribution in [3.8, 4) is 0 Å². The van der Waals surface area contributed by atoms with Gasteiger partial charge in [-0.1, -0.05) is 37.0 Å². The maximum atomic E-state index is 6.11. The molecule has 0 aliphatic carbocycles. The Morgan fingerprint density at radius 2 is 2.06 bits per heavy atom. The Labute approximate surface area is 120 Å². The highest BCUT2D eigenvalue weighted by Crippen LogP contribution is 2.33. The van der Waals surface area contributed by atoms with Gasteiger partial charge in [0.1, 0.15) is 5.15 Å². The molecule has 1 aromatic rings. The second-order valence-corrected chi connectivity index (χ2v) is 5.44. The summed E-state index contributed by atoms with van der Waals surface area (Å²) in [5.74, 6) is 0. The van der Waals surface area contributed by atoms with E-state index in [0.717, 1.165) is 22.1 Å². The molecule has 0 bridgehead atoms. The molecular weight excluding hydrogens is 358 g/mol. The maximum Gasteiger partial charge on any atom is 0.148 e. The predicted molar refractivity (Wildman–Crippen MR) is 78.3 cm³/mol. The topological polar surface area (TPSA) is 16.1 Å². The summed E-state index contributed by atoms with van der Waals surface area (Å²) in [6, 6.07) is 0.346. The lowest BCUT2D eigenvalue weighted by molar-refractivity contribution is 0.250. The van der Waals surface area contributed by atoms with Crippen LogP contribution in [-0.4, -0.2) is 23.5 Å². The van der Waals surface area contributed by atoms with E-state index in [0.29, 0.717) is 16.2 Å². The van der Waals surface area contributed by atoms with Crippen LogP contribution in [0.3, 0.4) is 0 Å². The summed E-state index contributed by atoms with van der Waals surface area (Å²) in [5.41, 5.74) is 1.15. The fourth-order valence-electron chi connectivity index (χ4n) is 1.68. The molecule has 0 saturated heterocycles. The first-order chi connectivity index (χ1) is 7.52. The van der Waals surface area contributed by atoms with Crippen LogP contribution in [0.1, 0.15) is 31.9 Å². The molecule has 5 heteroatoms. The number of rotatable bonds is 4. The van der Waals surface area contributed by atoms with Crippen molar-refractivity contribution in [3.05, 3.63) is 25.5 Å². The van der Waals surface area contributed by atoms with Crippen molar-refractivity contribution in [1.29, 1.82) is 0 Å². The summed E-state index contributed by atoms with van der Waals surface area (Å²) in [7, 11) is 2.10. The van der Waals surface area contributed by atoms with E-state index in [-0.39, 0.29) is 0 Å². The third-order valence-corrected chi connectivity index (χ3v) is 4.95. The summed E-state index contributed by atoms with van der Waals surface area (Å²) >= 11 is 14.2. The summed E-state index contributed by atoms with van der Waals surface area (Å²) < 4.78 is 1.01. The number of aromatic nitrogens is 1. The van der Waals surface area contributed by atoms with Gasteiger partial charge in [0, 0.05) is 21.4 Å². The van der Waals surface area contributed by atoms with Gasteiger partial charge in [-0.15, -0.1) is 0 Å². The zero-order chi connectivity index (χ0) is 12.3. The Balaban J connectivity index is 3.16. The van der Waals surface area contributed by atoms with Crippen LogP contribution < -0.4 is 0 Å². The maximum absolute atomic E-state index is 6.11. The van der Waals surface area contributed by atoms with E-state index >= 15 is 0 Å². The SMILES string of the molecule is CC[C@@H](c1cnc(Cl)c(Cl)c1I)N(C)CC. The number of pyridine rings is 1. The number of hydrogen-bond acceptors (Lipinski definition) is 2. The van der Waals surface area contributed by atoms with Crippen molar-refractivity contribution in [2.24, 2.45) is 0 Å². The van der Waals surface area contributed by atoms with Crippen LogP contribution in [0.4, 0.5) is 0 Å². The van der Waals surface area contributed by atoms with Crippen molar-refractivity contribution < 1.29 is 0 Å². The Hall–Kier alpha value is 0.420. The van der Waals surface area contributed by atoms with E-state index < -0.39 is 0 Å². The molecule has 0 aromatic carbocycles. The predicted octanol–water partition coefficient (Wildman–Crippen LogP) is 4.40. The zero-order valence-electron chi connectivity index (χ0n) is 9.60.